The Hall–Kier alpha value is -1.03. The molecule has 17 heavy (non-hydrogen) atoms. The molecule has 0 heterocycles. The summed E-state index contributed by atoms with van der Waals surface area (Å²) in [5.74, 6) is -1.96. The molecule has 0 aliphatic carbocycles. The van der Waals surface area contributed by atoms with Crippen LogP contribution in [0.5, 0.6) is 0 Å². The van der Waals surface area contributed by atoms with Gasteiger partial charge in [-0.05, 0) is 17.0 Å². The first kappa shape index (κ1) is 14.0. The van der Waals surface area contributed by atoms with Gasteiger partial charge in [-0.15, -0.1) is 0 Å². The fraction of sp³-hybridized carbons (Fsp3) is 0.538. The van der Waals surface area contributed by atoms with E-state index in [0.717, 1.165) is 6.07 Å². The Balaban J connectivity index is 3.08. The average Bonchev–Trinajstić information content (AvgIpc) is 2.23. The molecule has 0 saturated heterocycles. The highest BCUT2D eigenvalue weighted by atomic mass is 19.2. The van der Waals surface area contributed by atoms with Crippen molar-refractivity contribution in [3.05, 3.63) is 35.4 Å². The lowest BCUT2D eigenvalue weighted by Gasteiger charge is -2.37. The predicted molar refractivity (Wildman–Crippen MR) is 62.4 cm³/mol. The minimum atomic E-state index is -1.76. The van der Waals surface area contributed by atoms with E-state index in [1.807, 2.05) is 0 Å². The highest BCUT2D eigenvalue weighted by molar-refractivity contribution is 5.22. The van der Waals surface area contributed by atoms with E-state index in [9.17, 15) is 13.2 Å². The summed E-state index contributed by atoms with van der Waals surface area (Å²) >= 11 is 0. The van der Waals surface area contributed by atoms with Crippen LogP contribution in [-0.2, 0) is 6.42 Å². The zero-order valence-corrected chi connectivity index (χ0v) is 10.4. The van der Waals surface area contributed by atoms with Gasteiger partial charge >= 0.3 is 0 Å². The number of alkyl halides is 1. The van der Waals surface area contributed by atoms with Crippen LogP contribution in [0.1, 0.15) is 26.3 Å². The summed E-state index contributed by atoms with van der Waals surface area (Å²) in [7, 11) is 0. The molecule has 1 aromatic rings. The Labute approximate surface area is 99.8 Å². The van der Waals surface area contributed by atoms with Crippen molar-refractivity contribution in [2.45, 2.75) is 32.9 Å². The van der Waals surface area contributed by atoms with Crippen LogP contribution >= 0.6 is 0 Å². The van der Waals surface area contributed by atoms with E-state index >= 15 is 0 Å². The normalized spacial score (nSPS) is 15.7. The Morgan fingerprint density at radius 2 is 1.76 bits per heavy atom. The maximum absolute atomic E-state index is 14.6. The molecule has 1 rings (SSSR count). The van der Waals surface area contributed by atoms with Crippen molar-refractivity contribution in [2.75, 3.05) is 6.54 Å². The van der Waals surface area contributed by atoms with E-state index in [2.05, 4.69) is 0 Å². The van der Waals surface area contributed by atoms with Gasteiger partial charge in [0.1, 0.15) is 5.67 Å². The van der Waals surface area contributed by atoms with E-state index in [-0.39, 0.29) is 18.5 Å². The summed E-state index contributed by atoms with van der Waals surface area (Å²) < 4.78 is 41.1. The summed E-state index contributed by atoms with van der Waals surface area (Å²) in [5.41, 5.74) is 2.96. The first-order valence-electron chi connectivity index (χ1n) is 5.53. The fourth-order valence-corrected chi connectivity index (χ4v) is 1.63. The highest BCUT2D eigenvalue weighted by Gasteiger charge is 2.41. The third-order valence-electron chi connectivity index (χ3n) is 3.17. The summed E-state index contributed by atoms with van der Waals surface area (Å²) in [4.78, 5) is 0. The van der Waals surface area contributed by atoms with E-state index in [4.69, 9.17) is 5.73 Å². The first-order valence-corrected chi connectivity index (χ1v) is 5.53. The van der Waals surface area contributed by atoms with Crippen molar-refractivity contribution in [2.24, 2.45) is 11.1 Å². The molecule has 4 heteroatoms. The Morgan fingerprint density at radius 3 is 2.24 bits per heavy atom. The van der Waals surface area contributed by atoms with E-state index in [1.54, 1.807) is 20.8 Å². The van der Waals surface area contributed by atoms with Crippen LogP contribution < -0.4 is 5.73 Å². The number of hydrogen-bond acceptors (Lipinski definition) is 1. The molecular formula is C13H18F3N. The lowest BCUT2D eigenvalue weighted by Crippen LogP contribution is -2.47. The van der Waals surface area contributed by atoms with E-state index in [1.165, 1.54) is 12.1 Å². The van der Waals surface area contributed by atoms with Gasteiger partial charge in [0.05, 0.1) is 0 Å². The second kappa shape index (κ2) is 4.69. The van der Waals surface area contributed by atoms with Crippen molar-refractivity contribution in [3.63, 3.8) is 0 Å². The molecule has 0 bridgehead atoms. The smallest absolute Gasteiger partial charge is 0.162 e. The van der Waals surface area contributed by atoms with Crippen molar-refractivity contribution in [3.8, 4) is 0 Å². The summed E-state index contributed by atoms with van der Waals surface area (Å²) in [5, 5.41) is 0. The molecule has 1 unspecified atom stereocenters. The molecule has 1 aromatic carbocycles. The van der Waals surface area contributed by atoms with Gasteiger partial charge in [0.25, 0.3) is 0 Å². The maximum atomic E-state index is 14.6. The maximum Gasteiger partial charge on any atom is 0.162 e. The first-order chi connectivity index (χ1) is 7.71. The predicted octanol–water partition coefficient (Wildman–Crippen LogP) is 3.22. The number of hydrogen-bond donors (Lipinski definition) is 1. The standard InChI is InChI=1S/C13H18F3N/c1-12(2,3)13(16,8-17)7-9-5-4-6-10(14)11(9)15/h4-6H,7-8,17H2,1-3H3. The third kappa shape index (κ3) is 2.80. The fourth-order valence-electron chi connectivity index (χ4n) is 1.63. The summed E-state index contributed by atoms with van der Waals surface area (Å²) in [6.45, 7) is 4.84. The quantitative estimate of drug-likeness (QED) is 0.869. The minimum Gasteiger partial charge on any atom is -0.327 e. The topological polar surface area (TPSA) is 26.0 Å². The van der Waals surface area contributed by atoms with Gasteiger partial charge in [-0.2, -0.15) is 0 Å². The van der Waals surface area contributed by atoms with Crippen LogP contribution in [0.3, 0.4) is 0 Å². The molecule has 0 aromatic heterocycles. The van der Waals surface area contributed by atoms with Gasteiger partial charge in [-0.1, -0.05) is 32.9 Å². The van der Waals surface area contributed by atoms with Gasteiger partial charge in [0.2, 0.25) is 0 Å². The van der Waals surface area contributed by atoms with Gasteiger partial charge in [0, 0.05) is 13.0 Å². The lowest BCUT2D eigenvalue weighted by atomic mass is 9.74. The third-order valence-corrected chi connectivity index (χ3v) is 3.17. The molecular weight excluding hydrogens is 227 g/mol. The average molecular weight is 245 g/mol. The molecule has 0 saturated carbocycles. The number of rotatable bonds is 3. The molecule has 96 valence electrons. The van der Waals surface area contributed by atoms with Gasteiger partial charge in [-0.25, -0.2) is 13.2 Å². The molecule has 2 N–H and O–H groups in total. The lowest BCUT2D eigenvalue weighted by molar-refractivity contribution is 0.0373. The molecule has 0 aliphatic heterocycles. The Kier molecular flexibility index (Phi) is 3.87. The van der Waals surface area contributed by atoms with E-state index < -0.39 is 22.7 Å². The zero-order valence-electron chi connectivity index (χ0n) is 10.4. The summed E-state index contributed by atoms with van der Waals surface area (Å²) in [6, 6.07) is 3.76. The molecule has 0 radical (unpaired) electrons. The second-order valence-corrected chi connectivity index (χ2v) is 5.31. The highest BCUT2D eigenvalue weighted by Crippen LogP contribution is 2.36. The van der Waals surface area contributed by atoms with Gasteiger partial charge in [0.15, 0.2) is 11.6 Å². The Morgan fingerprint density at radius 1 is 1.18 bits per heavy atom. The molecule has 0 spiro atoms. The molecule has 1 nitrogen and oxygen atoms in total. The van der Waals surface area contributed by atoms with Gasteiger partial charge < -0.3 is 5.73 Å². The SMILES string of the molecule is CC(C)(C)C(F)(CN)Cc1cccc(F)c1F. The van der Waals surface area contributed by atoms with Gasteiger partial charge in [-0.3, -0.25) is 0 Å². The van der Waals surface area contributed by atoms with E-state index in [0.29, 0.717) is 0 Å². The van der Waals surface area contributed by atoms with Crippen LogP contribution in [0, 0.1) is 17.0 Å². The van der Waals surface area contributed by atoms with Crippen molar-refractivity contribution >= 4 is 0 Å². The largest absolute Gasteiger partial charge is 0.327 e. The number of benzene rings is 1. The Bertz CT molecular complexity index is 398. The number of halogens is 3. The van der Waals surface area contributed by atoms with Crippen molar-refractivity contribution < 1.29 is 13.2 Å². The number of nitrogens with two attached hydrogens (primary N) is 1. The van der Waals surface area contributed by atoms with Crippen LogP contribution in [0.15, 0.2) is 18.2 Å². The molecule has 0 amide bonds. The van der Waals surface area contributed by atoms with Crippen LogP contribution in [0.25, 0.3) is 0 Å². The minimum absolute atomic E-state index is 0.0212. The van der Waals surface area contributed by atoms with Crippen molar-refractivity contribution in [1.82, 2.24) is 0 Å². The monoisotopic (exact) mass is 245 g/mol. The zero-order chi connectivity index (χ0) is 13.3. The molecule has 0 aliphatic rings. The van der Waals surface area contributed by atoms with Crippen LogP contribution in [-0.4, -0.2) is 12.2 Å². The van der Waals surface area contributed by atoms with Crippen LogP contribution in [0.2, 0.25) is 0 Å². The second-order valence-electron chi connectivity index (χ2n) is 5.31. The molecule has 1 atom stereocenters. The molecule has 0 fully saturated rings. The van der Waals surface area contributed by atoms with Crippen LogP contribution in [0.4, 0.5) is 13.2 Å². The summed E-state index contributed by atoms with van der Waals surface area (Å²) in [6.07, 6.45) is -0.226. The van der Waals surface area contributed by atoms with Crippen molar-refractivity contribution in [1.29, 1.82) is 0 Å².